The molecule has 0 saturated heterocycles. The van der Waals surface area contributed by atoms with Crippen molar-refractivity contribution in [1.82, 2.24) is 0 Å². The normalized spacial score (nSPS) is 24.7. The van der Waals surface area contributed by atoms with Crippen LogP contribution >= 0.6 is 0 Å². The molecule has 1 aromatic carbocycles. The fourth-order valence-electron chi connectivity index (χ4n) is 4.73. The second-order valence-corrected chi connectivity index (χ2v) is 8.43. The highest BCUT2D eigenvalue weighted by atomic mass is 16.5. The Morgan fingerprint density at radius 3 is 2.67 bits per heavy atom. The largest absolute Gasteiger partial charge is 0.507 e. The van der Waals surface area contributed by atoms with Gasteiger partial charge in [0.25, 0.3) is 0 Å². The van der Waals surface area contributed by atoms with Crippen molar-refractivity contribution in [3.63, 3.8) is 0 Å². The van der Waals surface area contributed by atoms with Crippen molar-refractivity contribution in [2.24, 2.45) is 17.8 Å². The first-order valence-corrected chi connectivity index (χ1v) is 10.1. The molecule has 0 spiro atoms. The number of carbonyl (C=O) groups excluding carboxylic acids is 1. The lowest BCUT2D eigenvalue weighted by Gasteiger charge is -2.34. The van der Waals surface area contributed by atoms with Gasteiger partial charge in [-0.15, -0.1) is 0 Å². The molecule has 1 N–H and O–H groups in total. The molecule has 0 amide bonds. The topological polar surface area (TPSA) is 55.8 Å². The van der Waals surface area contributed by atoms with Crippen molar-refractivity contribution in [2.45, 2.75) is 65.9 Å². The van der Waals surface area contributed by atoms with Crippen molar-refractivity contribution in [1.29, 1.82) is 0 Å². The van der Waals surface area contributed by atoms with Crippen LogP contribution in [0.15, 0.2) is 17.7 Å². The van der Waals surface area contributed by atoms with Crippen LogP contribution in [0.4, 0.5) is 0 Å². The molecule has 4 nitrogen and oxygen atoms in total. The number of aromatic hydroxyl groups is 1. The Hall–Kier alpha value is -1.97. The molecule has 148 valence electrons. The molecule has 1 unspecified atom stereocenters. The van der Waals surface area contributed by atoms with Crippen LogP contribution in [0.2, 0.25) is 0 Å². The van der Waals surface area contributed by atoms with E-state index in [-0.39, 0.29) is 29.5 Å². The van der Waals surface area contributed by atoms with Gasteiger partial charge in [0.05, 0.1) is 7.11 Å². The summed E-state index contributed by atoms with van der Waals surface area (Å²) < 4.78 is 12.0. The molecule has 1 heterocycles. The molecular formula is C23H32O4. The zero-order valence-corrected chi connectivity index (χ0v) is 17.3. The average molecular weight is 373 g/mol. The van der Waals surface area contributed by atoms with Crippen LogP contribution < -0.4 is 9.47 Å². The Morgan fingerprint density at radius 1 is 1.37 bits per heavy atom. The van der Waals surface area contributed by atoms with Crippen molar-refractivity contribution in [3.8, 4) is 17.2 Å². The van der Waals surface area contributed by atoms with Gasteiger partial charge in [0.2, 0.25) is 0 Å². The summed E-state index contributed by atoms with van der Waals surface area (Å²) in [6.07, 6.45) is 4.87. The lowest BCUT2D eigenvalue weighted by Crippen LogP contribution is -2.32. The summed E-state index contributed by atoms with van der Waals surface area (Å²) in [5.41, 5.74) is 2.48. The van der Waals surface area contributed by atoms with E-state index < -0.39 is 0 Å². The van der Waals surface area contributed by atoms with E-state index >= 15 is 0 Å². The van der Waals surface area contributed by atoms with Crippen LogP contribution in [0.3, 0.4) is 0 Å². The van der Waals surface area contributed by atoms with Gasteiger partial charge in [0.15, 0.2) is 5.78 Å². The zero-order valence-electron chi connectivity index (χ0n) is 17.3. The van der Waals surface area contributed by atoms with E-state index in [2.05, 4.69) is 33.8 Å². The second-order valence-electron chi connectivity index (χ2n) is 8.43. The minimum atomic E-state index is -0.151. The highest BCUT2D eigenvalue weighted by molar-refractivity contribution is 6.03. The van der Waals surface area contributed by atoms with Crippen LogP contribution in [0.1, 0.15) is 75.7 Å². The Kier molecular flexibility index (Phi) is 5.55. The number of fused-ring (bicyclic) bond motifs is 3. The fraction of sp³-hybridized carbons (Fsp3) is 0.609. The average Bonchev–Trinajstić information content (AvgIpc) is 3.01. The summed E-state index contributed by atoms with van der Waals surface area (Å²) in [6.45, 7) is 10.5. The van der Waals surface area contributed by atoms with E-state index in [4.69, 9.17) is 9.47 Å². The molecule has 3 rings (SSSR count). The van der Waals surface area contributed by atoms with Gasteiger partial charge in [-0.2, -0.15) is 0 Å². The molecule has 0 aromatic heterocycles. The molecule has 1 aliphatic heterocycles. The van der Waals surface area contributed by atoms with Crippen molar-refractivity contribution >= 4 is 5.78 Å². The van der Waals surface area contributed by atoms with Gasteiger partial charge < -0.3 is 14.6 Å². The third-order valence-corrected chi connectivity index (χ3v) is 6.28. The quantitative estimate of drug-likeness (QED) is 0.530. The van der Waals surface area contributed by atoms with Crippen LogP contribution in [-0.2, 0) is 0 Å². The van der Waals surface area contributed by atoms with E-state index in [1.165, 1.54) is 5.57 Å². The second kappa shape index (κ2) is 7.57. The number of hydrogen-bond donors (Lipinski definition) is 1. The SMILES string of the molecule is CCCC(C)C(=O)c1c(O)cc(OC)c2c1O[C@@H]1C(C)=CC[C@H](C(C)C)[C@H]21. The summed E-state index contributed by atoms with van der Waals surface area (Å²) in [4.78, 5) is 13.1. The minimum Gasteiger partial charge on any atom is -0.507 e. The summed E-state index contributed by atoms with van der Waals surface area (Å²) in [7, 11) is 1.61. The van der Waals surface area contributed by atoms with Crippen molar-refractivity contribution in [3.05, 3.63) is 28.8 Å². The smallest absolute Gasteiger partial charge is 0.173 e. The standard InChI is InChI=1S/C23H32O4/c1-7-8-13(4)21(25)19-16(24)11-17(26-6)20-18-15(12(2)3)10-9-14(5)22(18)27-23(19)20/h9,11-13,15,18,22,24H,7-8,10H2,1-6H3/t13?,15-,18-,22-/m1/s1. The first-order chi connectivity index (χ1) is 12.8. The number of phenols is 1. The molecule has 0 fully saturated rings. The number of methoxy groups -OCH3 is 1. The molecule has 0 bridgehead atoms. The van der Waals surface area contributed by atoms with E-state index in [1.54, 1.807) is 13.2 Å². The maximum Gasteiger partial charge on any atom is 0.173 e. The Morgan fingerprint density at radius 2 is 2.07 bits per heavy atom. The maximum absolute atomic E-state index is 13.1. The van der Waals surface area contributed by atoms with Gasteiger partial charge in [-0.1, -0.05) is 40.2 Å². The van der Waals surface area contributed by atoms with E-state index in [0.29, 0.717) is 28.9 Å². The summed E-state index contributed by atoms with van der Waals surface area (Å²) in [5.74, 6) is 1.96. The van der Waals surface area contributed by atoms with Gasteiger partial charge in [-0.25, -0.2) is 0 Å². The first-order valence-electron chi connectivity index (χ1n) is 10.1. The molecule has 27 heavy (non-hydrogen) atoms. The van der Waals surface area contributed by atoms with Crippen molar-refractivity contribution < 1.29 is 19.4 Å². The maximum atomic E-state index is 13.1. The van der Waals surface area contributed by atoms with Gasteiger partial charge >= 0.3 is 0 Å². The summed E-state index contributed by atoms with van der Waals surface area (Å²) in [5, 5.41) is 10.7. The predicted octanol–water partition coefficient (Wildman–Crippen LogP) is 5.49. The number of allylic oxidation sites excluding steroid dienone is 1. The third kappa shape index (κ3) is 3.24. The first kappa shape index (κ1) is 19.8. The lowest BCUT2D eigenvalue weighted by atomic mass is 9.70. The van der Waals surface area contributed by atoms with Gasteiger partial charge in [-0.3, -0.25) is 4.79 Å². The number of Topliss-reactive ketones (excluding diaryl/α,β-unsaturated/α-hetero) is 1. The van der Waals surface area contributed by atoms with E-state index in [9.17, 15) is 9.90 Å². The van der Waals surface area contributed by atoms with E-state index in [1.807, 2.05) is 6.92 Å². The summed E-state index contributed by atoms with van der Waals surface area (Å²) >= 11 is 0. The zero-order chi connectivity index (χ0) is 19.9. The number of rotatable bonds is 6. The molecule has 2 aliphatic rings. The van der Waals surface area contributed by atoms with Gasteiger partial charge in [-0.05, 0) is 37.2 Å². The minimum absolute atomic E-state index is 0.0417. The van der Waals surface area contributed by atoms with Crippen LogP contribution in [0, 0.1) is 17.8 Å². The Labute approximate surface area is 162 Å². The van der Waals surface area contributed by atoms with Gasteiger partial charge in [0, 0.05) is 23.5 Å². The molecule has 1 aliphatic carbocycles. The van der Waals surface area contributed by atoms with E-state index in [0.717, 1.165) is 24.8 Å². The molecule has 4 atom stereocenters. The predicted molar refractivity (Wildman–Crippen MR) is 107 cm³/mol. The highest BCUT2D eigenvalue weighted by Crippen LogP contribution is 2.56. The molecule has 0 saturated carbocycles. The number of hydrogen-bond acceptors (Lipinski definition) is 4. The number of benzene rings is 1. The Balaban J connectivity index is 2.18. The molecule has 1 aromatic rings. The Bertz CT molecular complexity index is 762. The fourth-order valence-corrected chi connectivity index (χ4v) is 4.73. The van der Waals surface area contributed by atoms with Crippen LogP contribution in [0.5, 0.6) is 17.2 Å². The van der Waals surface area contributed by atoms with Crippen LogP contribution in [-0.4, -0.2) is 24.1 Å². The highest BCUT2D eigenvalue weighted by Gasteiger charge is 2.47. The number of carbonyl (C=O) groups is 1. The molecule has 0 radical (unpaired) electrons. The van der Waals surface area contributed by atoms with Crippen LogP contribution in [0.25, 0.3) is 0 Å². The third-order valence-electron chi connectivity index (χ3n) is 6.28. The van der Waals surface area contributed by atoms with Crippen molar-refractivity contribution in [2.75, 3.05) is 7.11 Å². The number of ketones is 1. The number of ether oxygens (including phenoxy) is 2. The van der Waals surface area contributed by atoms with Gasteiger partial charge in [0.1, 0.15) is 28.9 Å². The molecular weight excluding hydrogens is 340 g/mol. The molecule has 4 heteroatoms. The summed E-state index contributed by atoms with van der Waals surface area (Å²) in [6, 6.07) is 1.60. The monoisotopic (exact) mass is 372 g/mol. The lowest BCUT2D eigenvalue weighted by molar-refractivity contribution is 0.0914. The number of phenolic OH excluding ortho intramolecular Hbond substituents is 1.